The van der Waals surface area contributed by atoms with Gasteiger partial charge in [-0.25, -0.2) is 4.79 Å². The van der Waals surface area contributed by atoms with Crippen LogP contribution in [0.4, 0.5) is 0 Å². The Morgan fingerprint density at radius 2 is 2.04 bits per heavy atom. The summed E-state index contributed by atoms with van der Waals surface area (Å²) in [7, 11) is 0. The van der Waals surface area contributed by atoms with Crippen LogP contribution < -0.4 is 0 Å². The van der Waals surface area contributed by atoms with Crippen molar-refractivity contribution < 1.29 is 34.3 Å². The van der Waals surface area contributed by atoms with Crippen LogP contribution >= 0.6 is 0 Å². The smallest absolute Gasteiger partial charge is 0.366 e. The summed E-state index contributed by atoms with van der Waals surface area (Å²) >= 11 is 0. The summed E-state index contributed by atoms with van der Waals surface area (Å²) in [6.45, 7) is 1.85. The molecular weight excluding hydrogens is 304 g/mol. The average Bonchev–Trinajstić information content (AvgIpc) is 2.53. The molecule has 3 N–H and O–H groups in total. The topological polar surface area (TPSA) is 105 Å². The Bertz CT molecular complexity index is 506. The van der Waals surface area contributed by atoms with E-state index in [0.717, 1.165) is 5.56 Å². The van der Waals surface area contributed by atoms with E-state index in [1.165, 1.54) is 0 Å². The zero-order valence-corrected chi connectivity index (χ0v) is 12.9. The monoisotopic (exact) mass is 326 g/mol. The molecule has 0 aromatic heterocycles. The lowest BCUT2D eigenvalue weighted by molar-refractivity contribution is -0.302. The van der Waals surface area contributed by atoms with Gasteiger partial charge in [0.1, 0.15) is 12.2 Å². The molecule has 1 aromatic carbocycles. The number of carbonyl (C=O) groups excluding carboxylic acids is 1. The van der Waals surface area contributed by atoms with Gasteiger partial charge in [0.2, 0.25) is 0 Å². The van der Waals surface area contributed by atoms with Crippen LogP contribution in [0, 0.1) is 0 Å². The van der Waals surface area contributed by atoms with Gasteiger partial charge in [-0.3, -0.25) is 0 Å². The summed E-state index contributed by atoms with van der Waals surface area (Å²) in [5.41, 5.74) is 0.930. The third-order valence-electron chi connectivity index (χ3n) is 3.60. The van der Waals surface area contributed by atoms with Gasteiger partial charge in [0.25, 0.3) is 5.79 Å². The van der Waals surface area contributed by atoms with Gasteiger partial charge in [0.05, 0.1) is 25.9 Å². The van der Waals surface area contributed by atoms with Crippen molar-refractivity contribution in [1.29, 1.82) is 0 Å². The van der Waals surface area contributed by atoms with Gasteiger partial charge in [-0.05, 0) is 12.5 Å². The first-order valence-electron chi connectivity index (χ1n) is 7.51. The molecule has 7 nitrogen and oxygen atoms in total. The maximum absolute atomic E-state index is 11.8. The number of esters is 1. The molecule has 0 amide bonds. The summed E-state index contributed by atoms with van der Waals surface area (Å²) < 4.78 is 15.4. The normalized spacial score (nSPS) is 30.9. The van der Waals surface area contributed by atoms with E-state index >= 15 is 0 Å². The van der Waals surface area contributed by atoms with Crippen LogP contribution in [0.3, 0.4) is 0 Å². The van der Waals surface area contributed by atoms with Crippen molar-refractivity contribution in [3.05, 3.63) is 35.9 Å². The van der Waals surface area contributed by atoms with Gasteiger partial charge in [-0.2, -0.15) is 0 Å². The average molecular weight is 326 g/mol. The highest BCUT2D eigenvalue weighted by Gasteiger charge is 2.51. The highest BCUT2D eigenvalue weighted by atomic mass is 16.7. The van der Waals surface area contributed by atoms with Crippen molar-refractivity contribution in [3.8, 4) is 0 Å². The second-order valence-electron chi connectivity index (χ2n) is 5.42. The fourth-order valence-electron chi connectivity index (χ4n) is 2.40. The van der Waals surface area contributed by atoms with Gasteiger partial charge < -0.3 is 29.5 Å². The van der Waals surface area contributed by atoms with Gasteiger partial charge in [0.15, 0.2) is 0 Å². The van der Waals surface area contributed by atoms with Gasteiger partial charge in [-0.1, -0.05) is 30.3 Å². The Labute approximate surface area is 134 Å². The number of ether oxygens (including phenoxy) is 3. The van der Waals surface area contributed by atoms with E-state index < -0.39 is 36.5 Å². The molecule has 0 unspecified atom stereocenters. The second-order valence-corrected chi connectivity index (χ2v) is 5.42. The SMILES string of the molecule is CCOC(=O)[C@]1(O)C[C@H](O)[C@@H](O)[C@H](COCc2ccccc2)O1. The van der Waals surface area contributed by atoms with Crippen LogP contribution in [-0.2, 0) is 25.6 Å². The summed E-state index contributed by atoms with van der Waals surface area (Å²) in [6.07, 6.45) is -4.08. The molecule has 1 aromatic rings. The largest absolute Gasteiger partial charge is 0.462 e. The van der Waals surface area contributed by atoms with E-state index in [9.17, 15) is 20.1 Å². The molecule has 128 valence electrons. The van der Waals surface area contributed by atoms with Crippen molar-refractivity contribution in [2.75, 3.05) is 13.2 Å². The lowest BCUT2D eigenvalue weighted by atomic mass is 9.95. The van der Waals surface area contributed by atoms with Crippen molar-refractivity contribution in [2.45, 2.75) is 44.1 Å². The van der Waals surface area contributed by atoms with E-state index in [2.05, 4.69) is 0 Å². The van der Waals surface area contributed by atoms with Crippen molar-refractivity contribution in [2.24, 2.45) is 0 Å². The van der Waals surface area contributed by atoms with E-state index in [4.69, 9.17) is 14.2 Å². The molecule has 2 rings (SSSR count). The highest BCUT2D eigenvalue weighted by Crippen LogP contribution is 2.29. The number of benzene rings is 1. The molecule has 1 aliphatic heterocycles. The van der Waals surface area contributed by atoms with Crippen molar-refractivity contribution >= 4 is 5.97 Å². The van der Waals surface area contributed by atoms with E-state index in [0.29, 0.717) is 0 Å². The summed E-state index contributed by atoms with van der Waals surface area (Å²) in [5, 5.41) is 30.0. The Morgan fingerprint density at radius 1 is 1.35 bits per heavy atom. The number of aliphatic hydroxyl groups is 3. The zero-order valence-electron chi connectivity index (χ0n) is 12.9. The molecule has 0 saturated carbocycles. The Morgan fingerprint density at radius 3 is 2.70 bits per heavy atom. The zero-order chi connectivity index (χ0) is 16.9. The number of aliphatic hydroxyl groups excluding tert-OH is 2. The maximum Gasteiger partial charge on any atom is 0.366 e. The Hall–Kier alpha value is -1.51. The predicted molar refractivity (Wildman–Crippen MR) is 79.2 cm³/mol. The number of carbonyl (C=O) groups is 1. The first-order chi connectivity index (χ1) is 11.0. The highest BCUT2D eigenvalue weighted by molar-refractivity contribution is 5.77. The second kappa shape index (κ2) is 7.85. The first-order valence-corrected chi connectivity index (χ1v) is 7.51. The van der Waals surface area contributed by atoms with Crippen molar-refractivity contribution in [3.63, 3.8) is 0 Å². The third kappa shape index (κ3) is 4.49. The van der Waals surface area contributed by atoms with Crippen molar-refractivity contribution in [1.82, 2.24) is 0 Å². The van der Waals surface area contributed by atoms with Gasteiger partial charge in [-0.15, -0.1) is 0 Å². The molecule has 0 spiro atoms. The molecule has 1 heterocycles. The predicted octanol–water partition coefficient (Wildman–Crippen LogP) is -0.0344. The Balaban J connectivity index is 1.94. The van der Waals surface area contributed by atoms with Gasteiger partial charge >= 0.3 is 5.97 Å². The fraction of sp³-hybridized carbons (Fsp3) is 0.562. The quantitative estimate of drug-likeness (QED) is 0.630. The minimum absolute atomic E-state index is 0.0678. The standard InChI is InChI=1S/C16H22O7/c1-2-22-15(19)16(20)8-12(17)14(18)13(23-16)10-21-9-11-6-4-3-5-7-11/h3-7,12-14,17-18,20H,2,8-10H2,1H3/t12-,13-,14+,16-/m0/s1. The van der Waals surface area contributed by atoms with E-state index in [-0.39, 0.29) is 19.8 Å². The van der Waals surface area contributed by atoms with Crippen LogP contribution in [0.5, 0.6) is 0 Å². The summed E-state index contributed by atoms with van der Waals surface area (Å²) in [5.74, 6) is -3.27. The summed E-state index contributed by atoms with van der Waals surface area (Å²) in [6, 6.07) is 9.37. The van der Waals surface area contributed by atoms with Gasteiger partial charge in [0, 0.05) is 6.42 Å². The lowest BCUT2D eigenvalue weighted by Gasteiger charge is -2.40. The Kier molecular flexibility index (Phi) is 6.09. The van der Waals surface area contributed by atoms with E-state index in [1.807, 2.05) is 30.3 Å². The van der Waals surface area contributed by atoms with Crippen LogP contribution in [0.2, 0.25) is 0 Å². The van der Waals surface area contributed by atoms with Crippen LogP contribution in [0.25, 0.3) is 0 Å². The summed E-state index contributed by atoms with van der Waals surface area (Å²) in [4.78, 5) is 11.8. The molecule has 0 radical (unpaired) electrons. The first kappa shape index (κ1) is 17.8. The fourth-order valence-corrected chi connectivity index (χ4v) is 2.40. The van der Waals surface area contributed by atoms with Crippen LogP contribution in [0.1, 0.15) is 18.9 Å². The number of hydrogen-bond acceptors (Lipinski definition) is 7. The minimum atomic E-state index is -2.28. The molecule has 4 atom stereocenters. The molecule has 1 aliphatic rings. The van der Waals surface area contributed by atoms with Crippen LogP contribution in [-0.4, -0.2) is 58.6 Å². The maximum atomic E-state index is 11.8. The molecule has 0 bridgehead atoms. The van der Waals surface area contributed by atoms with Crippen LogP contribution in [0.15, 0.2) is 30.3 Å². The molecule has 1 saturated heterocycles. The minimum Gasteiger partial charge on any atom is -0.462 e. The molecule has 0 aliphatic carbocycles. The molecule has 7 heteroatoms. The van der Waals surface area contributed by atoms with E-state index in [1.54, 1.807) is 6.92 Å². The lowest BCUT2D eigenvalue weighted by Crippen LogP contribution is -2.59. The molecule has 1 fully saturated rings. The number of hydrogen-bond donors (Lipinski definition) is 3. The molecule has 23 heavy (non-hydrogen) atoms. The third-order valence-corrected chi connectivity index (χ3v) is 3.60. The molecular formula is C16H22O7. The number of rotatable bonds is 6.